The van der Waals surface area contributed by atoms with Crippen molar-refractivity contribution in [2.45, 2.75) is 13.3 Å². The Hall–Kier alpha value is -3.35. The van der Waals surface area contributed by atoms with Crippen molar-refractivity contribution in [2.24, 2.45) is 0 Å². The van der Waals surface area contributed by atoms with Gasteiger partial charge in [-0.3, -0.25) is 20.4 Å². The maximum Gasteiger partial charge on any atom is 0.276 e. The Morgan fingerprint density at radius 1 is 1.04 bits per heavy atom. The molecule has 2 amide bonds. The molecule has 2 N–H and O–H groups in total. The monoisotopic (exact) mass is 339 g/mol. The lowest BCUT2D eigenvalue weighted by Gasteiger charge is -2.09. The van der Waals surface area contributed by atoms with Gasteiger partial charge in [0.1, 0.15) is 11.4 Å². The van der Waals surface area contributed by atoms with Gasteiger partial charge in [0.05, 0.1) is 6.42 Å². The van der Waals surface area contributed by atoms with Gasteiger partial charge in [0.15, 0.2) is 12.2 Å². The highest BCUT2D eigenvalue weighted by Gasteiger charge is 2.13. The van der Waals surface area contributed by atoms with Crippen molar-refractivity contribution in [3.8, 4) is 5.75 Å². The Kier molecular flexibility index (Phi) is 4.94. The van der Waals surface area contributed by atoms with E-state index in [1.165, 1.54) is 0 Å². The van der Waals surface area contributed by atoms with E-state index in [0.717, 1.165) is 10.9 Å². The van der Waals surface area contributed by atoms with Crippen LogP contribution in [-0.2, 0) is 16.0 Å². The van der Waals surface area contributed by atoms with Crippen molar-refractivity contribution < 1.29 is 18.8 Å². The molecule has 0 spiro atoms. The molecular weight excluding hydrogens is 322 g/mol. The topological polar surface area (TPSA) is 93.5 Å². The number of fused-ring (bicyclic) bond motifs is 1. The summed E-state index contributed by atoms with van der Waals surface area (Å²) in [4.78, 5) is 23.7. The molecule has 128 valence electrons. The SMILES string of the molecule is Cc1ccccc1OCC(=O)NNC(=O)Cc1noc2ccccc12. The molecule has 3 rings (SSSR count). The number of nitrogens with zero attached hydrogens (tertiary/aromatic N) is 1. The van der Waals surface area contributed by atoms with Gasteiger partial charge in [-0.25, -0.2) is 0 Å². The van der Waals surface area contributed by atoms with Crippen LogP contribution < -0.4 is 15.6 Å². The van der Waals surface area contributed by atoms with E-state index in [9.17, 15) is 9.59 Å². The van der Waals surface area contributed by atoms with E-state index in [2.05, 4.69) is 16.0 Å². The first-order valence-electron chi connectivity index (χ1n) is 7.73. The molecule has 0 radical (unpaired) electrons. The van der Waals surface area contributed by atoms with E-state index in [1.54, 1.807) is 12.1 Å². The number of hydrazine groups is 1. The lowest BCUT2D eigenvalue weighted by Crippen LogP contribution is -2.44. The summed E-state index contributed by atoms with van der Waals surface area (Å²) in [6.07, 6.45) is -0.00402. The average molecular weight is 339 g/mol. The number of nitrogens with one attached hydrogen (secondary N) is 2. The fraction of sp³-hybridized carbons (Fsp3) is 0.167. The minimum Gasteiger partial charge on any atom is -0.483 e. The number of carbonyl (C=O) groups is 2. The summed E-state index contributed by atoms with van der Waals surface area (Å²) in [5, 5.41) is 4.65. The van der Waals surface area contributed by atoms with Gasteiger partial charge < -0.3 is 9.26 Å². The summed E-state index contributed by atoms with van der Waals surface area (Å²) in [6, 6.07) is 14.6. The standard InChI is InChI=1S/C18H17N3O4/c1-12-6-2-4-8-15(12)24-11-18(23)20-19-17(22)10-14-13-7-3-5-9-16(13)25-21-14/h2-9H,10-11H2,1H3,(H,19,22)(H,20,23). The molecule has 0 saturated carbocycles. The minimum atomic E-state index is -0.457. The highest BCUT2D eigenvalue weighted by molar-refractivity contribution is 5.87. The number of para-hydroxylation sites is 2. The molecule has 7 nitrogen and oxygen atoms in total. The van der Waals surface area contributed by atoms with Crippen LogP contribution in [0.15, 0.2) is 53.1 Å². The van der Waals surface area contributed by atoms with Gasteiger partial charge in [0.25, 0.3) is 5.91 Å². The predicted octanol–water partition coefficient (Wildman–Crippen LogP) is 1.91. The summed E-state index contributed by atoms with van der Waals surface area (Å²) in [6.45, 7) is 1.69. The van der Waals surface area contributed by atoms with E-state index in [1.807, 2.05) is 43.3 Å². The number of aromatic nitrogens is 1. The quantitative estimate of drug-likeness (QED) is 0.693. The van der Waals surface area contributed by atoms with Crippen molar-refractivity contribution >= 4 is 22.8 Å². The van der Waals surface area contributed by atoms with Crippen LogP contribution >= 0.6 is 0 Å². The summed E-state index contributed by atoms with van der Waals surface area (Å²) >= 11 is 0. The Morgan fingerprint density at radius 2 is 1.76 bits per heavy atom. The molecule has 25 heavy (non-hydrogen) atoms. The van der Waals surface area contributed by atoms with Gasteiger partial charge in [-0.15, -0.1) is 0 Å². The van der Waals surface area contributed by atoms with E-state index in [0.29, 0.717) is 17.0 Å². The van der Waals surface area contributed by atoms with Crippen LogP contribution in [0, 0.1) is 6.92 Å². The third-order valence-corrected chi connectivity index (χ3v) is 3.57. The predicted molar refractivity (Wildman–Crippen MR) is 90.7 cm³/mol. The summed E-state index contributed by atoms with van der Waals surface area (Å²) in [5.74, 6) is -0.233. The second-order valence-electron chi connectivity index (χ2n) is 5.45. The van der Waals surface area contributed by atoms with Gasteiger partial charge in [-0.1, -0.05) is 35.5 Å². The molecule has 7 heteroatoms. The first-order chi connectivity index (χ1) is 12.1. The van der Waals surface area contributed by atoms with Crippen molar-refractivity contribution in [1.29, 1.82) is 0 Å². The summed E-state index contributed by atoms with van der Waals surface area (Å²) in [7, 11) is 0. The van der Waals surface area contributed by atoms with Gasteiger partial charge in [-0.05, 0) is 30.7 Å². The molecule has 0 aliphatic carbocycles. The number of ether oxygens (including phenoxy) is 1. The summed E-state index contributed by atoms with van der Waals surface area (Å²) in [5.41, 5.74) is 6.70. The van der Waals surface area contributed by atoms with Crippen LogP contribution in [0.3, 0.4) is 0 Å². The molecule has 0 aliphatic rings. The van der Waals surface area contributed by atoms with Crippen LogP contribution in [0.4, 0.5) is 0 Å². The van der Waals surface area contributed by atoms with Gasteiger partial charge in [0, 0.05) is 5.39 Å². The number of benzene rings is 2. The average Bonchev–Trinajstić information content (AvgIpc) is 3.02. The van der Waals surface area contributed by atoms with Crippen LogP contribution in [0.5, 0.6) is 5.75 Å². The zero-order valence-corrected chi connectivity index (χ0v) is 13.6. The Bertz CT molecular complexity index is 904. The lowest BCUT2D eigenvalue weighted by atomic mass is 10.2. The highest BCUT2D eigenvalue weighted by atomic mass is 16.5. The zero-order valence-electron chi connectivity index (χ0n) is 13.6. The summed E-state index contributed by atoms with van der Waals surface area (Å²) < 4.78 is 10.5. The van der Waals surface area contributed by atoms with Crippen molar-refractivity contribution in [3.05, 3.63) is 59.8 Å². The molecule has 0 atom stereocenters. The number of hydrogen-bond acceptors (Lipinski definition) is 5. The maximum absolute atomic E-state index is 11.9. The van der Waals surface area contributed by atoms with Crippen LogP contribution in [0.2, 0.25) is 0 Å². The fourth-order valence-electron chi connectivity index (χ4n) is 2.30. The molecule has 0 aliphatic heterocycles. The van der Waals surface area contributed by atoms with E-state index < -0.39 is 11.8 Å². The van der Waals surface area contributed by atoms with Gasteiger partial charge in [-0.2, -0.15) is 0 Å². The minimum absolute atomic E-state index is 0.00402. The lowest BCUT2D eigenvalue weighted by molar-refractivity contribution is -0.129. The second kappa shape index (κ2) is 7.48. The van der Waals surface area contributed by atoms with Crippen LogP contribution in [0.25, 0.3) is 11.0 Å². The van der Waals surface area contributed by atoms with Crippen molar-refractivity contribution in [1.82, 2.24) is 16.0 Å². The first-order valence-corrected chi connectivity index (χ1v) is 7.73. The van der Waals surface area contributed by atoms with Crippen LogP contribution in [0.1, 0.15) is 11.3 Å². The third kappa shape index (κ3) is 4.14. The van der Waals surface area contributed by atoms with Crippen molar-refractivity contribution in [2.75, 3.05) is 6.61 Å². The highest BCUT2D eigenvalue weighted by Crippen LogP contribution is 2.18. The normalized spacial score (nSPS) is 10.4. The number of aryl methyl sites for hydroxylation is 1. The van der Waals surface area contributed by atoms with Gasteiger partial charge >= 0.3 is 0 Å². The Balaban J connectivity index is 1.47. The maximum atomic E-state index is 11.9. The molecule has 1 aromatic heterocycles. The fourth-order valence-corrected chi connectivity index (χ4v) is 2.30. The Labute approximate surface area is 143 Å². The molecule has 2 aromatic carbocycles. The molecule has 0 bridgehead atoms. The zero-order chi connectivity index (χ0) is 17.6. The molecule has 1 heterocycles. The molecule has 0 unspecified atom stereocenters. The third-order valence-electron chi connectivity index (χ3n) is 3.57. The van der Waals surface area contributed by atoms with E-state index in [4.69, 9.17) is 9.26 Å². The second-order valence-corrected chi connectivity index (χ2v) is 5.45. The smallest absolute Gasteiger partial charge is 0.276 e. The Morgan fingerprint density at radius 3 is 2.60 bits per heavy atom. The largest absolute Gasteiger partial charge is 0.483 e. The van der Waals surface area contributed by atoms with E-state index >= 15 is 0 Å². The number of amides is 2. The number of hydrogen-bond donors (Lipinski definition) is 2. The van der Waals surface area contributed by atoms with Crippen molar-refractivity contribution in [3.63, 3.8) is 0 Å². The number of rotatable bonds is 5. The molecule has 3 aromatic rings. The van der Waals surface area contributed by atoms with E-state index in [-0.39, 0.29) is 13.0 Å². The van der Waals surface area contributed by atoms with Gasteiger partial charge in [0.2, 0.25) is 5.91 Å². The first kappa shape index (κ1) is 16.5. The molecule has 0 fully saturated rings. The molecule has 0 saturated heterocycles. The van der Waals surface area contributed by atoms with Crippen LogP contribution in [-0.4, -0.2) is 23.6 Å². The number of carbonyl (C=O) groups excluding carboxylic acids is 2. The molecular formula is C18H17N3O4.